The predicted molar refractivity (Wildman–Crippen MR) is 88.6 cm³/mol. The molecule has 1 heteroatoms. The SMILES string of the molecule is CCCCCCCCCCCCSCC=C(C)C. The quantitative estimate of drug-likeness (QED) is 0.268. The van der Waals surface area contributed by atoms with Crippen LogP contribution in [0.5, 0.6) is 0 Å². The minimum atomic E-state index is 1.21. The Kier molecular flexibility index (Phi) is 15.2. The summed E-state index contributed by atoms with van der Waals surface area (Å²) in [5.41, 5.74) is 1.45. The minimum absolute atomic E-state index is 1.21. The molecular weight excluding hydrogens is 236 g/mol. The molecule has 0 bridgehead atoms. The van der Waals surface area contributed by atoms with Crippen LogP contribution >= 0.6 is 11.8 Å². The van der Waals surface area contributed by atoms with Crippen molar-refractivity contribution in [1.29, 1.82) is 0 Å². The van der Waals surface area contributed by atoms with Crippen molar-refractivity contribution >= 4 is 11.8 Å². The van der Waals surface area contributed by atoms with E-state index in [9.17, 15) is 0 Å². The molecule has 18 heavy (non-hydrogen) atoms. The summed E-state index contributed by atoms with van der Waals surface area (Å²) in [6, 6.07) is 0. The number of hydrogen-bond donors (Lipinski definition) is 0. The molecule has 0 aliphatic carbocycles. The van der Waals surface area contributed by atoms with Gasteiger partial charge in [0, 0.05) is 5.75 Å². The first-order valence-electron chi connectivity index (χ1n) is 7.98. The largest absolute Gasteiger partial charge is 0.158 e. The molecule has 0 aromatic rings. The van der Waals surface area contributed by atoms with E-state index in [0.29, 0.717) is 0 Å². The molecule has 0 rings (SSSR count). The summed E-state index contributed by atoms with van der Waals surface area (Å²) < 4.78 is 0. The zero-order valence-electron chi connectivity index (χ0n) is 13.0. The van der Waals surface area contributed by atoms with Gasteiger partial charge >= 0.3 is 0 Å². The average Bonchev–Trinajstić information content (AvgIpc) is 2.34. The molecule has 0 spiro atoms. The standard InChI is InChI=1S/C17H34S/c1-4-5-6-7-8-9-10-11-12-13-15-18-16-14-17(2)3/h14H,4-13,15-16H2,1-3H3. The molecule has 0 fully saturated rings. The van der Waals surface area contributed by atoms with Gasteiger partial charge in [0.1, 0.15) is 0 Å². The second-order valence-corrected chi connectivity index (χ2v) is 6.69. The van der Waals surface area contributed by atoms with Crippen LogP contribution in [0, 0.1) is 0 Å². The van der Waals surface area contributed by atoms with Crippen molar-refractivity contribution in [2.24, 2.45) is 0 Å². The molecule has 0 atom stereocenters. The van der Waals surface area contributed by atoms with Gasteiger partial charge in [-0.15, -0.1) is 0 Å². The molecule has 0 nitrogen and oxygen atoms in total. The number of rotatable bonds is 13. The van der Waals surface area contributed by atoms with Crippen LogP contribution in [0.15, 0.2) is 11.6 Å². The second kappa shape index (κ2) is 15.1. The summed E-state index contributed by atoms with van der Waals surface area (Å²) in [4.78, 5) is 0. The van der Waals surface area contributed by atoms with Crippen molar-refractivity contribution in [3.05, 3.63) is 11.6 Å². The van der Waals surface area contributed by atoms with Crippen LogP contribution in [0.3, 0.4) is 0 Å². The molecule has 0 unspecified atom stereocenters. The molecule has 0 N–H and O–H groups in total. The molecule has 0 aromatic carbocycles. The topological polar surface area (TPSA) is 0 Å². The van der Waals surface area contributed by atoms with E-state index < -0.39 is 0 Å². The highest BCUT2D eigenvalue weighted by Gasteiger charge is 1.93. The molecule has 108 valence electrons. The van der Waals surface area contributed by atoms with Crippen LogP contribution in [-0.4, -0.2) is 11.5 Å². The Morgan fingerprint density at radius 3 is 1.78 bits per heavy atom. The second-order valence-electron chi connectivity index (χ2n) is 5.54. The Labute approximate surface area is 120 Å². The lowest BCUT2D eigenvalue weighted by Crippen LogP contribution is -1.84. The normalized spacial score (nSPS) is 10.6. The Hall–Kier alpha value is 0.0900. The Bertz CT molecular complexity index is 180. The van der Waals surface area contributed by atoms with Gasteiger partial charge in [-0.3, -0.25) is 0 Å². The lowest BCUT2D eigenvalue weighted by atomic mass is 10.1. The van der Waals surface area contributed by atoms with E-state index >= 15 is 0 Å². The highest BCUT2D eigenvalue weighted by molar-refractivity contribution is 7.99. The fourth-order valence-electron chi connectivity index (χ4n) is 2.00. The molecule has 0 saturated heterocycles. The van der Waals surface area contributed by atoms with Gasteiger partial charge in [0.2, 0.25) is 0 Å². The maximum absolute atomic E-state index is 2.33. The van der Waals surface area contributed by atoms with Crippen LogP contribution in [0.1, 0.15) is 85.0 Å². The molecule has 0 heterocycles. The fourth-order valence-corrected chi connectivity index (χ4v) is 3.03. The molecule has 0 amide bonds. The zero-order chi connectivity index (χ0) is 13.5. The van der Waals surface area contributed by atoms with Gasteiger partial charge in [-0.1, -0.05) is 76.4 Å². The van der Waals surface area contributed by atoms with E-state index in [2.05, 4.69) is 38.6 Å². The van der Waals surface area contributed by atoms with E-state index in [0.717, 1.165) is 0 Å². The van der Waals surface area contributed by atoms with Gasteiger partial charge in [0.15, 0.2) is 0 Å². The van der Waals surface area contributed by atoms with E-state index in [1.165, 1.54) is 81.3 Å². The molecule has 0 saturated carbocycles. The van der Waals surface area contributed by atoms with Crippen LogP contribution in [0.25, 0.3) is 0 Å². The first-order valence-corrected chi connectivity index (χ1v) is 9.14. The van der Waals surface area contributed by atoms with Crippen molar-refractivity contribution in [1.82, 2.24) is 0 Å². The van der Waals surface area contributed by atoms with Gasteiger partial charge in [0.05, 0.1) is 0 Å². The van der Waals surface area contributed by atoms with Crippen LogP contribution in [-0.2, 0) is 0 Å². The van der Waals surface area contributed by atoms with Gasteiger partial charge < -0.3 is 0 Å². The van der Waals surface area contributed by atoms with Crippen molar-refractivity contribution in [3.8, 4) is 0 Å². The zero-order valence-corrected chi connectivity index (χ0v) is 13.8. The van der Waals surface area contributed by atoms with Gasteiger partial charge in [-0.25, -0.2) is 0 Å². The summed E-state index contributed by atoms with van der Waals surface area (Å²) in [7, 11) is 0. The smallest absolute Gasteiger partial charge is 0.0115 e. The van der Waals surface area contributed by atoms with Crippen molar-refractivity contribution in [2.75, 3.05) is 11.5 Å². The van der Waals surface area contributed by atoms with E-state index in [1.54, 1.807) is 0 Å². The van der Waals surface area contributed by atoms with Crippen LogP contribution in [0.4, 0.5) is 0 Å². The number of thioether (sulfide) groups is 1. The number of hydrogen-bond acceptors (Lipinski definition) is 1. The third-order valence-electron chi connectivity index (χ3n) is 3.25. The van der Waals surface area contributed by atoms with Crippen molar-refractivity contribution in [3.63, 3.8) is 0 Å². The van der Waals surface area contributed by atoms with E-state index in [4.69, 9.17) is 0 Å². The van der Waals surface area contributed by atoms with Gasteiger partial charge in [-0.2, -0.15) is 11.8 Å². The molecule has 0 aliphatic rings. The lowest BCUT2D eigenvalue weighted by molar-refractivity contribution is 0.563. The highest BCUT2D eigenvalue weighted by Crippen LogP contribution is 2.12. The summed E-state index contributed by atoms with van der Waals surface area (Å²) in [5.74, 6) is 2.56. The predicted octanol–water partition coefficient (Wildman–Crippen LogP) is 6.61. The Morgan fingerprint density at radius 2 is 1.28 bits per heavy atom. The number of unbranched alkanes of at least 4 members (excludes halogenated alkanes) is 9. The Balaban J connectivity index is 2.97. The molecule has 0 aliphatic heterocycles. The third kappa shape index (κ3) is 16.1. The van der Waals surface area contributed by atoms with Crippen LogP contribution < -0.4 is 0 Å². The van der Waals surface area contributed by atoms with Crippen LogP contribution in [0.2, 0.25) is 0 Å². The lowest BCUT2D eigenvalue weighted by Gasteiger charge is -2.02. The van der Waals surface area contributed by atoms with Crippen molar-refractivity contribution in [2.45, 2.75) is 85.0 Å². The first-order chi connectivity index (χ1) is 8.77. The summed E-state index contributed by atoms with van der Waals surface area (Å²) in [6.45, 7) is 6.65. The highest BCUT2D eigenvalue weighted by atomic mass is 32.2. The summed E-state index contributed by atoms with van der Waals surface area (Å²) in [6.07, 6.45) is 16.8. The van der Waals surface area contributed by atoms with Gasteiger partial charge in [-0.05, 0) is 26.0 Å². The number of allylic oxidation sites excluding steroid dienone is 1. The first kappa shape index (κ1) is 18.1. The molecule has 0 aromatic heterocycles. The monoisotopic (exact) mass is 270 g/mol. The van der Waals surface area contributed by atoms with Crippen molar-refractivity contribution < 1.29 is 0 Å². The Morgan fingerprint density at radius 1 is 0.778 bits per heavy atom. The molecule has 0 radical (unpaired) electrons. The van der Waals surface area contributed by atoms with E-state index in [-0.39, 0.29) is 0 Å². The minimum Gasteiger partial charge on any atom is -0.158 e. The molecular formula is C17H34S. The summed E-state index contributed by atoms with van der Waals surface area (Å²) in [5, 5.41) is 0. The maximum Gasteiger partial charge on any atom is 0.0115 e. The fraction of sp³-hybridized carbons (Fsp3) is 0.882. The maximum atomic E-state index is 2.33. The van der Waals surface area contributed by atoms with Gasteiger partial charge in [0.25, 0.3) is 0 Å². The summed E-state index contributed by atoms with van der Waals surface area (Å²) >= 11 is 2.08. The van der Waals surface area contributed by atoms with E-state index in [1.807, 2.05) is 0 Å². The third-order valence-corrected chi connectivity index (χ3v) is 4.23. The average molecular weight is 271 g/mol.